The molecule has 0 saturated carbocycles. The van der Waals surface area contributed by atoms with E-state index >= 15 is 0 Å². The van der Waals surface area contributed by atoms with Crippen LogP contribution in [-0.4, -0.2) is 13.2 Å². The van der Waals surface area contributed by atoms with Crippen LogP contribution in [0.1, 0.15) is 30.9 Å². The molecule has 0 amide bonds. The number of benzene rings is 1. The Balaban J connectivity index is 2.11. The molecule has 2 aliphatic heterocycles. The van der Waals surface area contributed by atoms with E-state index in [0.717, 1.165) is 18.6 Å². The molecule has 0 spiro atoms. The van der Waals surface area contributed by atoms with E-state index in [0.29, 0.717) is 6.10 Å². The van der Waals surface area contributed by atoms with E-state index in [1.807, 2.05) is 6.07 Å². The van der Waals surface area contributed by atoms with Crippen molar-refractivity contribution in [2.24, 2.45) is 0 Å². The minimum absolute atomic E-state index is 0.0372. The second-order valence-corrected chi connectivity index (χ2v) is 4.74. The van der Waals surface area contributed by atoms with Crippen molar-refractivity contribution in [2.45, 2.75) is 37.9 Å². The van der Waals surface area contributed by atoms with Crippen LogP contribution in [-0.2, 0) is 16.8 Å². The first-order valence-corrected chi connectivity index (χ1v) is 5.56. The Bertz CT molecular complexity index is 400. The first-order chi connectivity index (χ1) is 7.21. The van der Waals surface area contributed by atoms with E-state index in [1.165, 1.54) is 17.5 Å². The van der Waals surface area contributed by atoms with Crippen LogP contribution in [0.3, 0.4) is 0 Å². The Kier molecular flexibility index (Phi) is 1.84. The standard InChI is InChI=1S/C13H16O2/c1-13-6-5-11(15-13)8-9-7-10(14-2)3-4-12(9)13/h3-4,7,11H,5-6,8H2,1-2H3/t11-,13+/m0/s1. The summed E-state index contributed by atoms with van der Waals surface area (Å²) in [6.07, 6.45) is 3.81. The maximum Gasteiger partial charge on any atom is 0.119 e. The zero-order chi connectivity index (χ0) is 10.5. The molecule has 0 aliphatic carbocycles. The van der Waals surface area contributed by atoms with Crippen LogP contribution in [0.5, 0.6) is 5.75 Å². The molecule has 0 N–H and O–H groups in total. The molecular weight excluding hydrogens is 188 g/mol. The van der Waals surface area contributed by atoms with Gasteiger partial charge in [-0.15, -0.1) is 0 Å². The average molecular weight is 204 g/mol. The molecule has 15 heavy (non-hydrogen) atoms. The van der Waals surface area contributed by atoms with E-state index in [1.54, 1.807) is 7.11 Å². The van der Waals surface area contributed by atoms with Crippen LogP contribution in [0.15, 0.2) is 18.2 Å². The van der Waals surface area contributed by atoms with E-state index in [-0.39, 0.29) is 5.60 Å². The number of ether oxygens (including phenoxy) is 2. The van der Waals surface area contributed by atoms with Gasteiger partial charge in [0.05, 0.1) is 18.8 Å². The van der Waals surface area contributed by atoms with Crippen LogP contribution in [0, 0.1) is 0 Å². The molecule has 0 radical (unpaired) electrons. The maximum atomic E-state index is 6.04. The van der Waals surface area contributed by atoms with Crippen molar-refractivity contribution in [3.8, 4) is 5.75 Å². The van der Waals surface area contributed by atoms with Crippen LogP contribution >= 0.6 is 0 Å². The highest BCUT2D eigenvalue weighted by atomic mass is 16.5. The second kappa shape index (κ2) is 2.99. The summed E-state index contributed by atoms with van der Waals surface area (Å²) < 4.78 is 11.3. The molecule has 80 valence electrons. The van der Waals surface area contributed by atoms with Gasteiger partial charge < -0.3 is 9.47 Å². The van der Waals surface area contributed by atoms with Gasteiger partial charge in [-0.05, 0) is 49.4 Å². The number of rotatable bonds is 1. The predicted molar refractivity (Wildman–Crippen MR) is 58.2 cm³/mol. The van der Waals surface area contributed by atoms with Gasteiger partial charge in [-0.3, -0.25) is 0 Å². The zero-order valence-corrected chi connectivity index (χ0v) is 9.25. The molecule has 2 heterocycles. The zero-order valence-electron chi connectivity index (χ0n) is 9.25. The minimum Gasteiger partial charge on any atom is -0.497 e. The predicted octanol–water partition coefficient (Wildman–Crippen LogP) is 2.65. The molecule has 2 heteroatoms. The molecule has 1 fully saturated rings. The molecule has 2 bridgehead atoms. The van der Waals surface area contributed by atoms with Crippen molar-refractivity contribution in [3.05, 3.63) is 29.3 Å². The largest absolute Gasteiger partial charge is 0.497 e. The van der Waals surface area contributed by atoms with Crippen LogP contribution in [0.4, 0.5) is 0 Å². The van der Waals surface area contributed by atoms with Crippen molar-refractivity contribution in [1.29, 1.82) is 0 Å². The second-order valence-electron chi connectivity index (χ2n) is 4.74. The van der Waals surface area contributed by atoms with Crippen LogP contribution in [0.2, 0.25) is 0 Å². The first-order valence-electron chi connectivity index (χ1n) is 5.56. The maximum absolute atomic E-state index is 6.04. The summed E-state index contributed by atoms with van der Waals surface area (Å²) in [6, 6.07) is 6.36. The highest BCUT2D eigenvalue weighted by Crippen LogP contribution is 2.46. The van der Waals surface area contributed by atoms with Crippen LogP contribution in [0.25, 0.3) is 0 Å². The Morgan fingerprint density at radius 1 is 1.47 bits per heavy atom. The highest BCUT2D eigenvalue weighted by molar-refractivity contribution is 5.41. The van der Waals surface area contributed by atoms with E-state index in [2.05, 4.69) is 19.1 Å². The fraction of sp³-hybridized carbons (Fsp3) is 0.538. The van der Waals surface area contributed by atoms with E-state index < -0.39 is 0 Å². The lowest BCUT2D eigenvalue weighted by molar-refractivity contribution is -0.0438. The Labute approximate surface area is 90.2 Å². The molecule has 3 rings (SSSR count). The highest BCUT2D eigenvalue weighted by Gasteiger charge is 2.42. The summed E-state index contributed by atoms with van der Waals surface area (Å²) in [7, 11) is 1.72. The fourth-order valence-electron chi connectivity index (χ4n) is 2.89. The van der Waals surface area contributed by atoms with Crippen molar-refractivity contribution >= 4 is 0 Å². The molecule has 0 aromatic heterocycles. The van der Waals surface area contributed by atoms with Gasteiger partial charge in [-0.1, -0.05) is 6.07 Å². The summed E-state index contributed by atoms with van der Waals surface area (Å²) in [5.41, 5.74) is 2.73. The number of hydrogen-bond acceptors (Lipinski definition) is 2. The lowest BCUT2D eigenvalue weighted by Gasteiger charge is -2.32. The average Bonchev–Trinajstić information content (AvgIpc) is 2.55. The quantitative estimate of drug-likeness (QED) is 0.700. The monoisotopic (exact) mass is 204 g/mol. The van der Waals surface area contributed by atoms with E-state index in [4.69, 9.17) is 9.47 Å². The Morgan fingerprint density at radius 3 is 3.13 bits per heavy atom. The van der Waals surface area contributed by atoms with E-state index in [9.17, 15) is 0 Å². The molecule has 2 nitrogen and oxygen atoms in total. The number of methoxy groups -OCH3 is 1. The van der Waals surface area contributed by atoms with Gasteiger partial charge in [0.15, 0.2) is 0 Å². The van der Waals surface area contributed by atoms with Gasteiger partial charge >= 0.3 is 0 Å². The van der Waals surface area contributed by atoms with Gasteiger partial charge in [0.1, 0.15) is 5.75 Å². The molecule has 1 aromatic carbocycles. The molecule has 0 unspecified atom stereocenters. The lowest BCUT2D eigenvalue weighted by atomic mass is 9.89. The summed E-state index contributed by atoms with van der Waals surface area (Å²) in [4.78, 5) is 0. The smallest absolute Gasteiger partial charge is 0.119 e. The summed E-state index contributed by atoms with van der Waals surface area (Å²) in [5, 5.41) is 0. The van der Waals surface area contributed by atoms with Gasteiger partial charge in [0.2, 0.25) is 0 Å². The third-order valence-electron chi connectivity index (χ3n) is 3.70. The van der Waals surface area contributed by atoms with Gasteiger partial charge in [-0.25, -0.2) is 0 Å². The minimum atomic E-state index is -0.0372. The van der Waals surface area contributed by atoms with Crippen molar-refractivity contribution < 1.29 is 9.47 Å². The van der Waals surface area contributed by atoms with Crippen LogP contribution < -0.4 is 4.74 Å². The van der Waals surface area contributed by atoms with Crippen molar-refractivity contribution in [1.82, 2.24) is 0 Å². The van der Waals surface area contributed by atoms with Gasteiger partial charge in [0, 0.05) is 0 Å². The fourth-order valence-corrected chi connectivity index (χ4v) is 2.89. The topological polar surface area (TPSA) is 18.5 Å². The van der Waals surface area contributed by atoms with Gasteiger partial charge in [-0.2, -0.15) is 0 Å². The third-order valence-corrected chi connectivity index (χ3v) is 3.70. The molecular formula is C13H16O2. The SMILES string of the molecule is COc1ccc2c(c1)C[C@@H]1CC[C@@]2(C)O1. The molecule has 2 aliphatic rings. The first kappa shape index (κ1) is 9.22. The normalized spacial score (nSPS) is 32.5. The summed E-state index contributed by atoms with van der Waals surface area (Å²) in [6.45, 7) is 2.21. The molecule has 1 saturated heterocycles. The van der Waals surface area contributed by atoms with Gasteiger partial charge in [0.25, 0.3) is 0 Å². The number of hydrogen-bond donors (Lipinski definition) is 0. The third kappa shape index (κ3) is 1.28. The number of fused-ring (bicyclic) bond motifs is 4. The molecule has 2 atom stereocenters. The van der Waals surface area contributed by atoms with Crippen molar-refractivity contribution in [2.75, 3.05) is 7.11 Å². The van der Waals surface area contributed by atoms with Crippen molar-refractivity contribution in [3.63, 3.8) is 0 Å². The Hall–Kier alpha value is -1.02. The summed E-state index contributed by atoms with van der Waals surface area (Å²) in [5.74, 6) is 0.957. The summed E-state index contributed by atoms with van der Waals surface area (Å²) >= 11 is 0. The lowest BCUT2D eigenvalue weighted by Crippen LogP contribution is -2.29. The molecule has 1 aromatic rings. The Morgan fingerprint density at radius 2 is 2.33 bits per heavy atom.